The maximum absolute atomic E-state index is 11.1. The van der Waals surface area contributed by atoms with Crippen molar-refractivity contribution >= 4 is 30.1 Å². The van der Waals surface area contributed by atoms with E-state index >= 15 is 0 Å². The fourth-order valence-corrected chi connectivity index (χ4v) is 2.93. The van der Waals surface area contributed by atoms with Crippen LogP contribution in [0.15, 0.2) is 18.2 Å². The van der Waals surface area contributed by atoms with Gasteiger partial charge in [0, 0.05) is 0 Å². The third kappa shape index (κ3) is 5.55. The van der Waals surface area contributed by atoms with Gasteiger partial charge in [0.25, 0.3) is 0 Å². The summed E-state index contributed by atoms with van der Waals surface area (Å²) in [6.07, 6.45) is 2.78. The van der Waals surface area contributed by atoms with Gasteiger partial charge in [-0.3, -0.25) is 0 Å². The molecule has 0 unspecified atom stereocenters. The summed E-state index contributed by atoms with van der Waals surface area (Å²) in [5.41, 5.74) is 0.0785. The van der Waals surface area contributed by atoms with Crippen LogP contribution in [0.4, 0.5) is 5.69 Å². The van der Waals surface area contributed by atoms with Crippen molar-refractivity contribution in [2.24, 2.45) is 0 Å². The second kappa shape index (κ2) is 7.66. The summed E-state index contributed by atoms with van der Waals surface area (Å²) in [6.45, 7) is 3.79. The molecule has 0 saturated carbocycles. The summed E-state index contributed by atoms with van der Waals surface area (Å²) in [5.74, 6) is -0.546. The van der Waals surface area contributed by atoms with Gasteiger partial charge in [-0.25, -0.2) is 0 Å². The molecule has 21 heavy (non-hydrogen) atoms. The number of carbonyl (C=O) groups is 1. The average Bonchev–Trinajstić information content (AvgIpc) is 2.96. The second-order valence-corrected chi connectivity index (χ2v) is 8.12. The molecule has 1 aliphatic heterocycles. The van der Waals surface area contributed by atoms with Gasteiger partial charge in [0.05, 0.1) is 0 Å². The zero-order valence-corrected chi connectivity index (χ0v) is 14.0. The Bertz CT molecular complexity index is 532. The molecular formula is C13H21AsN2O5. The van der Waals surface area contributed by atoms with Crippen LogP contribution < -0.4 is 14.6 Å². The van der Waals surface area contributed by atoms with E-state index in [1.165, 1.54) is 39.9 Å². The van der Waals surface area contributed by atoms with Crippen LogP contribution in [0, 0.1) is 0 Å². The van der Waals surface area contributed by atoms with Crippen LogP contribution in [0.3, 0.4) is 0 Å². The molecule has 1 heterocycles. The van der Waals surface area contributed by atoms with Crippen LogP contribution in [-0.4, -0.2) is 53.5 Å². The molecule has 118 valence electrons. The van der Waals surface area contributed by atoms with Crippen LogP contribution >= 0.6 is 0 Å². The minimum absolute atomic E-state index is 0.0785. The van der Waals surface area contributed by atoms with E-state index in [0.717, 1.165) is 23.1 Å². The molecule has 0 atom stereocenters. The van der Waals surface area contributed by atoms with Crippen molar-refractivity contribution in [3.05, 3.63) is 18.2 Å². The summed E-state index contributed by atoms with van der Waals surface area (Å²) < 4.78 is 28.9. The van der Waals surface area contributed by atoms with E-state index in [4.69, 9.17) is 8.19 Å². The van der Waals surface area contributed by atoms with Gasteiger partial charge in [-0.05, 0) is 25.9 Å². The Morgan fingerprint density at radius 1 is 1.29 bits per heavy atom. The summed E-state index contributed by atoms with van der Waals surface area (Å²) in [6, 6.07) is 3.42. The second-order valence-electron chi connectivity index (χ2n) is 4.75. The number of anilines is 1. The summed E-state index contributed by atoms with van der Waals surface area (Å²) >= 11 is -5.00. The SMILES string of the molecule is C1CCNC1.CC(=O)N(C)c1cc([As](=O)(O)O)ccc1O. The number of amides is 1. The number of carbonyl (C=O) groups excluding carboxylic acids is 1. The molecule has 1 fully saturated rings. The average molecular weight is 360 g/mol. The number of phenols is 1. The van der Waals surface area contributed by atoms with Crippen molar-refractivity contribution in [3.63, 3.8) is 0 Å². The van der Waals surface area contributed by atoms with Crippen molar-refractivity contribution in [2.75, 3.05) is 25.0 Å². The van der Waals surface area contributed by atoms with Crippen LogP contribution in [-0.2, 0) is 8.53 Å². The topological polar surface area (TPSA) is 110 Å². The van der Waals surface area contributed by atoms with E-state index < -0.39 is 14.2 Å². The predicted octanol–water partition coefficient (Wildman–Crippen LogP) is -0.694. The predicted molar refractivity (Wildman–Crippen MR) is 79.8 cm³/mol. The number of aromatic hydroxyl groups is 1. The van der Waals surface area contributed by atoms with Crippen molar-refractivity contribution in [2.45, 2.75) is 19.8 Å². The fraction of sp³-hybridized carbons (Fsp3) is 0.462. The fourth-order valence-electron chi connectivity index (χ4n) is 1.76. The van der Waals surface area contributed by atoms with Gasteiger partial charge in [-0.15, -0.1) is 0 Å². The van der Waals surface area contributed by atoms with E-state index in [1.807, 2.05) is 0 Å². The molecule has 4 N–H and O–H groups in total. The van der Waals surface area contributed by atoms with Gasteiger partial charge in [-0.2, -0.15) is 0 Å². The van der Waals surface area contributed by atoms with Gasteiger partial charge in [-0.1, -0.05) is 0 Å². The number of phenolic OH excluding ortho intramolecular Hbond substituents is 1. The molecule has 1 amide bonds. The van der Waals surface area contributed by atoms with Crippen molar-refractivity contribution in [1.29, 1.82) is 0 Å². The monoisotopic (exact) mass is 360 g/mol. The quantitative estimate of drug-likeness (QED) is 0.520. The molecule has 7 nitrogen and oxygen atoms in total. The molecule has 8 heteroatoms. The first-order valence-corrected chi connectivity index (χ1v) is 9.96. The zero-order chi connectivity index (χ0) is 16.0. The molecule has 0 radical (unpaired) electrons. The molecule has 0 bridgehead atoms. The molecule has 1 saturated heterocycles. The number of benzene rings is 1. The van der Waals surface area contributed by atoms with Crippen LogP contribution in [0.5, 0.6) is 5.75 Å². The van der Waals surface area contributed by atoms with Crippen LogP contribution in [0.1, 0.15) is 19.8 Å². The Morgan fingerprint density at radius 3 is 2.24 bits per heavy atom. The molecule has 1 aromatic rings. The zero-order valence-electron chi connectivity index (χ0n) is 12.1. The molecular weight excluding hydrogens is 339 g/mol. The molecule has 0 aliphatic carbocycles. The molecule has 1 aromatic carbocycles. The first-order chi connectivity index (χ1) is 9.73. The summed E-state index contributed by atoms with van der Waals surface area (Å²) in [4.78, 5) is 12.2. The standard InChI is InChI=1S/C9H12AsNO5.C4H9N/c1-6(12)11(2)8-5-7(10(14,15)16)3-4-9(8)13;1-2-4-5-3-1/h3-5,13H,1-2H3,(H2,14,15,16);5H,1-4H2. The van der Waals surface area contributed by atoms with Gasteiger partial charge >= 0.3 is 94.8 Å². The summed E-state index contributed by atoms with van der Waals surface area (Å²) in [7, 11) is 1.41. The van der Waals surface area contributed by atoms with E-state index in [9.17, 15) is 13.6 Å². The Morgan fingerprint density at radius 2 is 1.86 bits per heavy atom. The Labute approximate surface area is 126 Å². The van der Waals surface area contributed by atoms with Gasteiger partial charge in [0.15, 0.2) is 0 Å². The molecule has 0 aromatic heterocycles. The van der Waals surface area contributed by atoms with Gasteiger partial charge < -0.3 is 5.32 Å². The Balaban J connectivity index is 0.000000369. The third-order valence-corrected chi connectivity index (χ3v) is 5.08. The maximum atomic E-state index is 11.1. The Kier molecular flexibility index (Phi) is 6.48. The van der Waals surface area contributed by atoms with Crippen LogP contribution in [0.2, 0.25) is 0 Å². The van der Waals surface area contributed by atoms with Gasteiger partial charge in [0.1, 0.15) is 0 Å². The normalized spacial score (nSPS) is 14.3. The molecule has 1 aliphatic rings. The third-order valence-electron chi connectivity index (χ3n) is 3.09. The van der Waals surface area contributed by atoms with Crippen molar-refractivity contribution < 1.29 is 21.8 Å². The number of hydrogen-bond donors (Lipinski definition) is 4. The van der Waals surface area contributed by atoms with Crippen molar-refractivity contribution in [1.82, 2.24) is 5.32 Å². The number of rotatable bonds is 2. The minimum atomic E-state index is -5.00. The first kappa shape index (κ1) is 17.8. The number of nitrogens with one attached hydrogen (secondary N) is 1. The van der Waals surface area contributed by atoms with Gasteiger partial charge in [0.2, 0.25) is 0 Å². The number of nitrogens with zero attached hydrogens (tertiary/aromatic N) is 1. The molecule has 2 rings (SSSR count). The van der Waals surface area contributed by atoms with Crippen molar-refractivity contribution in [3.8, 4) is 5.75 Å². The number of hydrogen-bond acceptors (Lipinski definition) is 4. The first-order valence-electron chi connectivity index (χ1n) is 6.57. The van der Waals surface area contributed by atoms with E-state index in [-0.39, 0.29) is 21.7 Å². The van der Waals surface area contributed by atoms with E-state index in [2.05, 4.69) is 5.32 Å². The Hall–Kier alpha value is -1.27. The van der Waals surface area contributed by atoms with Crippen LogP contribution in [0.25, 0.3) is 0 Å². The van der Waals surface area contributed by atoms with E-state index in [0.29, 0.717) is 0 Å². The summed E-state index contributed by atoms with van der Waals surface area (Å²) in [5, 5.41) is 12.7. The molecule has 0 spiro atoms. The van der Waals surface area contributed by atoms with E-state index in [1.54, 1.807) is 0 Å².